The van der Waals surface area contributed by atoms with Crippen LogP contribution in [0.4, 0.5) is 5.69 Å². The van der Waals surface area contributed by atoms with Gasteiger partial charge >= 0.3 is 0 Å². The zero-order chi connectivity index (χ0) is 24.9. The lowest BCUT2D eigenvalue weighted by molar-refractivity contribution is -0.139. The van der Waals surface area contributed by atoms with Gasteiger partial charge in [-0.05, 0) is 43.0 Å². The molecule has 3 aromatic carbocycles. The van der Waals surface area contributed by atoms with Crippen LogP contribution in [0.3, 0.4) is 0 Å². The molecule has 3 rings (SSSR count). The summed E-state index contributed by atoms with van der Waals surface area (Å²) in [4.78, 5) is 27.5. The van der Waals surface area contributed by atoms with Crippen LogP contribution < -0.4 is 9.62 Å². The van der Waals surface area contributed by atoms with Crippen molar-refractivity contribution in [1.29, 1.82) is 0 Å². The zero-order valence-electron chi connectivity index (χ0n) is 19.4. The van der Waals surface area contributed by atoms with E-state index >= 15 is 0 Å². The summed E-state index contributed by atoms with van der Waals surface area (Å²) in [7, 11) is -3.81. The van der Waals surface area contributed by atoms with Crippen molar-refractivity contribution in [3.63, 3.8) is 0 Å². The van der Waals surface area contributed by atoms with Crippen LogP contribution in [0.15, 0.2) is 66.7 Å². The molecule has 0 spiro atoms. The van der Waals surface area contributed by atoms with Crippen LogP contribution in [0, 0.1) is 0 Å². The van der Waals surface area contributed by atoms with Crippen molar-refractivity contribution in [2.45, 2.75) is 26.4 Å². The summed E-state index contributed by atoms with van der Waals surface area (Å²) in [5, 5.41) is 4.79. The fourth-order valence-corrected chi connectivity index (χ4v) is 4.83. The SMILES string of the molecule is CCNC(=O)C(C)N(Cc1cccc(Cl)c1)C(=O)CN(c1cccc2ccccc12)S(C)(=O)=O. The van der Waals surface area contributed by atoms with Crippen molar-refractivity contribution < 1.29 is 18.0 Å². The van der Waals surface area contributed by atoms with Crippen LogP contribution in [-0.4, -0.2) is 50.5 Å². The number of nitrogens with one attached hydrogen (secondary N) is 1. The van der Waals surface area contributed by atoms with Crippen LogP contribution in [0.25, 0.3) is 10.8 Å². The van der Waals surface area contributed by atoms with E-state index in [1.807, 2.05) is 30.3 Å². The summed E-state index contributed by atoms with van der Waals surface area (Å²) in [6.07, 6.45) is 1.07. The summed E-state index contributed by atoms with van der Waals surface area (Å²) in [6.45, 7) is 3.48. The lowest BCUT2D eigenvalue weighted by Gasteiger charge is -2.31. The predicted molar refractivity (Wildman–Crippen MR) is 136 cm³/mol. The Kier molecular flexibility index (Phi) is 8.17. The molecular weight excluding hydrogens is 474 g/mol. The molecule has 0 bridgehead atoms. The maximum absolute atomic E-state index is 13.6. The Hall–Kier alpha value is -3.10. The van der Waals surface area contributed by atoms with E-state index in [1.165, 1.54) is 4.90 Å². The van der Waals surface area contributed by atoms with Gasteiger partial charge in [0.15, 0.2) is 0 Å². The molecule has 9 heteroatoms. The average Bonchev–Trinajstić information content (AvgIpc) is 2.79. The van der Waals surface area contributed by atoms with Gasteiger partial charge in [-0.1, -0.05) is 60.1 Å². The molecule has 0 aliphatic rings. The largest absolute Gasteiger partial charge is 0.355 e. The number of likely N-dealkylation sites (N-methyl/N-ethyl adjacent to an activating group) is 1. The van der Waals surface area contributed by atoms with E-state index in [0.29, 0.717) is 22.6 Å². The number of hydrogen-bond acceptors (Lipinski definition) is 4. The third-order valence-electron chi connectivity index (χ3n) is 5.47. The highest BCUT2D eigenvalue weighted by Gasteiger charge is 2.30. The maximum Gasteiger partial charge on any atom is 0.244 e. The second kappa shape index (κ2) is 10.9. The van der Waals surface area contributed by atoms with Gasteiger partial charge in [0.1, 0.15) is 12.6 Å². The molecule has 0 saturated carbocycles. The molecule has 0 aromatic heterocycles. The predicted octanol–water partition coefficient (Wildman–Crippen LogP) is 3.81. The highest BCUT2D eigenvalue weighted by molar-refractivity contribution is 7.92. The monoisotopic (exact) mass is 501 g/mol. The van der Waals surface area contributed by atoms with E-state index < -0.39 is 28.5 Å². The van der Waals surface area contributed by atoms with Gasteiger partial charge < -0.3 is 10.2 Å². The normalized spacial score (nSPS) is 12.2. The molecule has 2 amide bonds. The van der Waals surface area contributed by atoms with E-state index in [4.69, 9.17) is 11.6 Å². The molecule has 0 aliphatic heterocycles. The van der Waals surface area contributed by atoms with Gasteiger partial charge in [0.2, 0.25) is 21.8 Å². The number of carbonyl (C=O) groups excluding carboxylic acids is 2. The molecule has 1 unspecified atom stereocenters. The first-order valence-corrected chi connectivity index (χ1v) is 13.1. The van der Waals surface area contributed by atoms with Crippen molar-refractivity contribution >= 4 is 49.9 Å². The lowest BCUT2D eigenvalue weighted by Crippen LogP contribution is -2.51. The highest BCUT2D eigenvalue weighted by atomic mass is 35.5. The van der Waals surface area contributed by atoms with Gasteiger partial charge in [0.25, 0.3) is 0 Å². The van der Waals surface area contributed by atoms with Gasteiger partial charge in [-0.15, -0.1) is 0 Å². The Bertz CT molecular complexity index is 1290. The molecule has 0 aliphatic carbocycles. The number of hydrogen-bond donors (Lipinski definition) is 1. The van der Waals surface area contributed by atoms with Crippen molar-refractivity contribution in [1.82, 2.24) is 10.2 Å². The van der Waals surface area contributed by atoms with Gasteiger partial charge in [-0.2, -0.15) is 0 Å². The summed E-state index contributed by atoms with van der Waals surface area (Å²) in [5.41, 5.74) is 1.13. The second-order valence-corrected chi connectivity index (χ2v) is 10.3. The molecular formula is C25H28ClN3O4S. The third kappa shape index (κ3) is 6.07. The fourth-order valence-electron chi connectivity index (χ4n) is 3.76. The Morgan fingerprint density at radius 2 is 1.71 bits per heavy atom. The summed E-state index contributed by atoms with van der Waals surface area (Å²) < 4.78 is 26.7. The molecule has 3 aromatic rings. The minimum atomic E-state index is -3.81. The first-order chi connectivity index (χ1) is 16.1. The number of fused-ring (bicyclic) bond motifs is 1. The first-order valence-electron chi connectivity index (χ1n) is 10.9. The molecule has 180 valence electrons. The highest BCUT2D eigenvalue weighted by Crippen LogP contribution is 2.28. The van der Waals surface area contributed by atoms with E-state index in [0.717, 1.165) is 21.5 Å². The quantitative estimate of drug-likeness (QED) is 0.483. The van der Waals surface area contributed by atoms with Crippen LogP contribution in [0.2, 0.25) is 5.02 Å². The van der Waals surface area contributed by atoms with Crippen molar-refractivity contribution in [3.8, 4) is 0 Å². The molecule has 7 nitrogen and oxygen atoms in total. The molecule has 1 atom stereocenters. The lowest BCUT2D eigenvalue weighted by atomic mass is 10.1. The van der Waals surface area contributed by atoms with E-state index in [1.54, 1.807) is 50.2 Å². The Morgan fingerprint density at radius 1 is 1.03 bits per heavy atom. The van der Waals surface area contributed by atoms with Gasteiger partial charge in [0.05, 0.1) is 11.9 Å². The molecule has 1 N–H and O–H groups in total. The minimum Gasteiger partial charge on any atom is -0.355 e. The van der Waals surface area contributed by atoms with E-state index in [-0.39, 0.29) is 12.5 Å². The van der Waals surface area contributed by atoms with Crippen LogP contribution in [-0.2, 0) is 26.2 Å². The number of nitrogens with zero attached hydrogens (tertiary/aromatic N) is 2. The summed E-state index contributed by atoms with van der Waals surface area (Å²) >= 11 is 6.11. The number of benzene rings is 3. The van der Waals surface area contributed by atoms with Gasteiger partial charge in [-0.3, -0.25) is 13.9 Å². The van der Waals surface area contributed by atoms with Crippen LogP contribution in [0.1, 0.15) is 19.4 Å². The Balaban J connectivity index is 2.00. The second-order valence-electron chi connectivity index (χ2n) is 7.99. The maximum atomic E-state index is 13.6. The Labute approximate surface area is 205 Å². The van der Waals surface area contributed by atoms with Crippen molar-refractivity contribution in [2.75, 3.05) is 23.7 Å². The van der Waals surface area contributed by atoms with Crippen LogP contribution in [0.5, 0.6) is 0 Å². The topological polar surface area (TPSA) is 86.8 Å². The average molecular weight is 502 g/mol. The zero-order valence-corrected chi connectivity index (χ0v) is 20.9. The molecule has 0 saturated heterocycles. The number of anilines is 1. The number of halogens is 1. The fraction of sp³-hybridized carbons (Fsp3) is 0.280. The van der Waals surface area contributed by atoms with Gasteiger partial charge in [0, 0.05) is 23.5 Å². The smallest absolute Gasteiger partial charge is 0.244 e. The minimum absolute atomic E-state index is 0.102. The summed E-state index contributed by atoms with van der Waals surface area (Å²) in [6, 6.07) is 18.8. The van der Waals surface area contributed by atoms with Gasteiger partial charge in [-0.25, -0.2) is 8.42 Å². The molecule has 34 heavy (non-hydrogen) atoms. The number of sulfonamides is 1. The van der Waals surface area contributed by atoms with Crippen molar-refractivity contribution in [3.05, 3.63) is 77.3 Å². The Morgan fingerprint density at radius 3 is 2.38 bits per heavy atom. The summed E-state index contributed by atoms with van der Waals surface area (Å²) in [5.74, 6) is -0.828. The number of carbonyl (C=O) groups is 2. The van der Waals surface area contributed by atoms with E-state index in [9.17, 15) is 18.0 Å². The number of rotatable bonds is 9. The van der Waals surface area contributed by atoms with Crippen molar-refractivity contribution in [2.24, 2.45) is 0 Å². The molecule has 0 radical (unpaired) electrons. The standard InChI is InChI=1S/C25H28ClN3O4S/c1-4-27-25(31)18(2)28(16-19-9-7-12-21(26)15-19)24(30)17-29(34(3,32)33)23-14-8-11-20-10-5-6-13-22(20)23/h5-15,18H,4,16-17H2,1-3H3,(H,27,31). The first kappa shape index (κ1) is 25.5. The third-order valence-corrected chi connectivity index (χ3v) is 6.84. The molecule has 0 heterocycles. The number of amides is 2. The van der Waals surface area contributed by atoms with E-state index in [2.05, 4.69) is 5.32 Å². The van der Waals surface area contributed by atoms with Crippen LogP contribution >= 0.6 is 11.6 Å². The molecule has 0 fully saturated rings.